The highest BCUT2D eigenvalue weighted by molar-refractivity contribution is 5.20. The summed E-state index contributed by atoms with van der Waals surface area (Å²) in [6, 6.07) is 11.1. The molecule has 1 saturated heterocycles. The third-order valence-corrected chi connectivity index (χ3v) is 5.58. The van der Waals surface area contributed by atoms with E-state index in [1.807, 2.05) is 13.0 Å². The van der Waals surface area contributed by atoms with Crippen molar-refractivity contribution in [1.82, 2.24) is 5.32 Å². The van der Waals surface area contributed by atoms with Crippen molar-refractivity contribution in [2.75, 3.05) is 13.2 Å². The molecule has 122 valence electrons. The fourth-order valence-corrected chi connectivity index (χ4v) is 4.48. The average molecular weight is 303 g/mol. The maximum absolute atomic E-state index is 9.83. The van der Waals surface area contributed by atoms with Crippen molar-refractivity contribution < 1.29 is 9.84 Å². The summed E-state index contributed by atoms with van der Waals surface area (Å²) < 4.78 is 5.87. The zero-order valence-electron chi connectivity index (χ0n) is 14.0. The molecule has 1 aliphatic heterocycles. The van der Waals surface area contributed by atoms with Crippen LogP contribution in [0.25, 0.3) is 0 Å². The summed E-state index contributed by atoms with van der Waals surface area (Å²) in [7, 11) is 0. The second kappa shape index (κ2) is 6.31. The number of benzene rings is 1. The topological polar surface area (TPSA) is 41.5 Å². The molecule has 0 bridgehead atoms. The van der Waals surface area contributed by atoms with E-state index in [1.54, 1.807) is 0 Å². The van der Waals surface area contributed by atoms with E-state index in [9.17, 15) is 5.11 Å². The van der Waals surface area contributed by atoms with Crippen LogP contribution in [-0.2, 0) is 4.74 Å². The van der Waals surface area contributed by atoms with Crippen molar-refractivity contribution >= 4 is 0 Å². The summed E-state index contributed by atoms with van der Waals surface area (Å²) in [5, 5.41) is 13.6. The second-order valence-electron chi connectivity index (χ2n) is 7.64. The molecule has 2 N–H and O–H groups in total. The molecule has 2 fully saturated rings. The molecule has 2 aliphatic rings. The van der Waals surface area contributed by atoms with Gasteiger partial charge in [0.15, 0.2) is 0 Å². The van der Waals surface area contributed by atoms with Gasteiger partial charge in [-0.15, -0.1) is 0 Å². The molecule has 0 aromatic heterocycles. The van der Waals surface area contributed by atoms with Crippen LogP contribution in [0.2, 0.25) is 0 Å². The van der Waals surface area contributed by atoms with Crippen LogP contribution in [0.5, 0.6) is 0 Å². The van der Waals surface area contributed by atoms with Gasteiger partial charge in [0, 0.05) is 30.5 Å². The van der Waals surface area contributed by atoms with Crippen molar-refractivity contribution in [2.24, 2.45) is 11.3 Å². The molecular weight excluding hydrogens is 274 g/mol. The molecule has 0 radical (unpaired) electrons. The number of nitrogens with one attached hydrogen (secondary N) is 1. The molecule has 5 unspecified atom stereocenters. The standard InChI is InChI=1S/C19H29NO2/c1-13(21)11-15(14-7-5-4-6-8-14)12-20-17-16-9-10-22-18(16)19(17,2)3/h4-8,13,15-18,20-21H,9-12H2,1-3H3. The van der Waals surface area contributed by atoms with Crippen LogP contribution in [0, 0.1) is 11.3 Å². The lowest BCUT2D eigenvalue weighted by Gasteiger charge is -2.55. The summed E-state index contributed by atoms with van der Waals surface area (Å²) in [5.74, 6) is 1.02. The molecular formula is C19H29NO2. The number of fused-ring (bicyclic) bond motifs is 1. The van der Waals surface area contributed by atoms with Gasteiger partial charge in [-0.2, -0.15) is 0 Å². The van der Waals surface area contributed by atoms with Crippen LogP contribution in [0.3, 0.4) is 0 Å². The fourth-order valence-electron chi connectivity index (χ4n) is 4.48. The van der Waals surface area contributed by atoms with Crippen molar-refractivity contribution in [3.05, 3.63) is 35.9 Å². The van der Waals surface area contributed by atoms with Crippen LogP contribution in [-0.4, -0.2) is 36.5 Å². The first-order valence-electron chi connectivity index (χ1n) is 8.58. The Labute approximate surface area is 134 Å². The second-order valence-corrected chi connectivity index (χ2v) is 7.64. The summed E-state index contributed by atoms with van der Waals surface area (Å²) in [4.78, 5) is 0. The quantitative estimate of drug-likeness (QED) is 0.849. The molecule has 5 atom stereocenters. The van der Waals surface area contributed by atoms with E-state index in [4.69, 9.17) is 4.74 Å². The van der Waals surface area contributed by atoms with Crippen LogP contribution >= 0.6 is 0 Å². The summed E-state index contributed by atoms with van der Waals surface area (Å²) in [5.41, 5.74) is 1.53. The smallest absolute Gasteiger partial charge is 0.0685 e. The Morgan fingerprint density at radius 1 is 1.32 bits per heavy atom. The molecule has 1 aliphatic carbocycles. The minimum absolute atomic E-state index is 0.216. The largest absolute Gasteiger partial charge is 0.393 e. The molecule has 0 amide bonds. The number of aliphatic hydroxyl groups is 1. The van der Waals surface area contributed by atoms with Crippen molar-refractivity contribution in [1.29, 1.82) is 0 Å². The van der Waals surface area contributed by atoms with Gasteiger partial charge in [0.25, 0.3) is 0 Å². The minimum atomic E-state index is -0.274. The van der Waals surface area contributed by atoms with Crippen LogP contribution in [0.1, 0.15) is 45.1 Å². The highest BCUT2D eigenvalue weighted by Gasteiger charge is 2.58. The molecule has 22 heavy (non-hydrogen) atoms. The molecule has 3 nitrogen and oxygen atoms in total. The number of rotatable bonds is 6. The van der Waals surface area contributed by atoms with Gasteiger partial charge in [0.05, 0.1) is 12.2 Å². The van der Waals surface area contributed by atoms with E-state index < -0.39 is 0 Å². The Kier molecular flexibility index (Phi) is 4.58. The number of ether oxygens (including phenoxy) is 1. The van der Waals surface area contributed by atoms with Gasteiger partial charge in [0.1, 0.15) is 0 Å². The molecule has 3 heteroatoms. The number of hydrogen-bond donors (Lipinski definition) is 2. The fraction of sp³-hybridized carbons (Fsp3) is 0.684. The van der Waals surface area contributed by atoms with Crippen molar-refractivity contribution in [2.45, 2.75) is 57.8 Å². The van der Waals surface area contributed by atoms with Crippen LogP contribution in [0.15, 0.2) is 30.3 Å². The zero-order chi connectivity index (χ0) is 15.7. The Bertz CT molecular complexity index is 485. The highest BCUT2D eigenvalue weighted by Crippen LogP contribution is 2.52. The minimum Gasteiger partial charge on any atom is -0.393 e. The van der Waals surface area contributed by atoms with Gasteiger partial charge in [0.2, 0.25) is 0 Å². The van der Waals surface area contributed by atoms with Crippen molar-refractivity contribution in [3.63, 3.8) is 0 Å². The van der Waals surface area contributed by atoms with Gasteiger partial charge in [-0.25, -0.2) is 0 Å². The lowest BCUT2D eigenvalue weighted by atomic mass is 9.57. The first-order chi connectivity index (χ1) is 10.5. The van der Waals surface area contributed by atoms with Crippen molar-refractivity contribution in [3.8, 4) is 0 Å². The zero-order valence-corrected chi connectivity index (χ0v) is 14.0. The maximum atomic E-state index is 9.83. The van der Waals surface area contributed by atoms with E-state index in [0.717, 1.165) is 19.6 Å². The van der Waals surface area contributed by atoms with E-state index in [0.29, 0.717) is 24.0 Å². The number of aliphatic hydroxyl groups excluding tert-OH is 1. The van der Waals surface area contributed by atoms with Crippen LogP contribution < -0.4 is 5.32 Å². The van der Waals surface area contributed by atoms with Gasteiger partial charge in [-0.3, -0.25) is 0 Å². The Balaban J connectivity index is 1.64. The van der Waals surface area contributed by atoms with E-state index >= 15 is 0 Å². The third-order valence-electron chi connectivity index (χ3n) is 5.58. The first kappa shape index (κ1) is 16.0. The van der Waals surface area contributed by atoms with Gasteiger partial charge < -0.3 is 15.2 Å². The predicted molar refractivity (Wildman–Crippen MR) is 88.9 cm³/mol. The number of hydrogen-bond acceptors (Lipinski definition) is 3. The van der Waals surface area contributed by atoms with E-state index in [2.05, 4.69) is 43.4 Å². The molecule has 3 rings (SSSR count). The maximum Gasteiger partial charge on any atom is 0.0685 e. The summed E-state index contributed by atoms with van der Waals surface area (Å²) >= 11 is 0. The lowest BCUT2D eigenvalue weighted by molar-refractivity contribution is -0.112. The molecule has 1 heterocycles. The van der Waals surface area contributed by atoms with E-state index in [-0.39, 0.29) is 11.5 Å². The van der Waals surface area contributed by atoms with Gasteiger partial charge in [-0.1, -0.05) is 44.2 Å². The highest BCUT2D eigenvalue weighted by atomic mass is 16.5. The Morgan fingerprint density at radius 2 is 2.05 bits per heavy atom. The van der Waals surface area contributed by atoms with Crippen LogP contribution in [0.4, 0.5) is 0 Å². The normalized spacial score (nSPS) is 32.1. The SMILES string of the molecule is CC(O)CC(CNC1C2CCOC2C1(C)C)c1ccccc1. The summed E-state index contributed by atoms with van der Waals surface area (Å²) in [6.07, 6.45) is 2.13. The van der Waals surface area contributed by atoms with Gasteiger partial charge >= 0.3 is 0 Å². The summed E-state index contributed by atoms with van der Waals surface area (Å²) in [6.45, 7) is 8.33. The lowest BCUT2D eigenvalue weighted by Crippen LogP contribution is -2.66. The third kappa shape index (κ3) is 2.94. The Hall–Kier alpha value is -0.900. The Morgan fingerprint density at radius 3 is 2.73 bits per heavy atom. The molecule has 1 saturated carbocycles. The molecule has 1 aromatic carbocycles. The average Bonchev–Trinajstić information content (AvgIpc) is 2.93. The molecule has 1 aromatic rings. The van der Waals surface area contributed by atoms with E-state index in [1.165, 1.54) is 12.0 Å². The molecule has 0 spiro atoms. The first-order valence-corrected chi connectivity index (χ1v) is 8.58. The predicted octanol–water partition coefficient (Wildman–Crippen LogP) is 2.94. The van der Waals surface area contributed by atoms with Gasteiger partial charge in [-0.05, 0) is 31.2 Å². The monoisotopic (exact) mass is 303 g/mol.